The van der Waals surface area contributed by atoms with Crippen LogP contribution in [0.4, 0.5) is 0 Å². The zero-order valence-corrected chi connectivity index (χ0v) is 14.8. The Morgan fingerprint density at radius 2 is 1.78 bits per heavy atom. The van der Waals surface area contributed by atoms with E-state index < -0.39 is 0 Å². The van der Waals surface area contributed by atoms with Gasteiger partial charge in [0, 0.05) is 5.92 Å². The average Bonchev–Trinajstić information content (AvgIpc) is 2.62. The number of benzene rings is 2. The van der Waals surface area contributed by atoms with Crippen LogP contribution in [-0.4, -0.2) is 22.9 Å². The summed E-state index contributed by atoms with van der Waals surface area (Å²) in [5.74, 6) is 4.66. The molecule has 0 unspecified atom stereocenters. The molecule has 1 spiro atoms. The molecule has 0 radical (unpaired) electrons. The zero-order chi connectivity index (χ0) is 15.7. The largest absolute Gasteiger partial charge is 0.497 e. The van der Waals surface area contributed by atoms with Crippen molar-refractivity contribution in [2.75, 3.05) is 18.6 Å². The van der Waals surface area contributed by atoms with Gasteiger partial charge < -0.3 is 9.47 Å². The summed E-state index contributed by atoms with van der Waals surface area (Å²) in [6.45, 7) is 0. The molecule has 2 aliphatic heterocycles. The zero-order valence-electron chi connectivity index (χ0n) is 13.2. The van der Waals surface area contributed by atoms with Gasteiger partial charge >= 0.3 is 0 Å². The minimum absolute atomic E-state index is 0.193. The van der Waals surface area contributed by atoms with E-state index in [1.165, 1.54) is 29.1 Å². The van der Waals surface area contributed by atoms with Crippen LogP contribution >= 0.6 is 23.5 Å². The molecule has 0 N–H and O–H groups in total. The predicted molar refractivity (Wildman–Crippen MR) is 98.8 cm³/mol. The van der Waals surface area contributed by atoms with Crippen LogP contribution in [0.3, 0.4) is 0 Å². The highest BCUT2D eigenvalue weighted by Crippen LogP contribution is 2.56. The van der Waals surface area contributed by atoms with Gasteiger partial charge in [-0.15, -0.1) is 23.5 Å². The van der Waals surface area contributed by atoms with Gasteiger partial charge in [0.2, 0.25) is 4.27 Å². The molecular formula is C19H20O2S2. The van der Waals surface area contributed by atoms with Gasteiger partial charge in [-0.3, -0.25) is 0 Å². The van der Waals surface area contributed by atoms with Crippen LogP contribution in [-0.2, 0) is 6.42 Å². The molecule has 2 heterocycles. The number of thioether (sulfide) groups is 2. The molecule has 2 nitrogen and oxygen atoms in total. The summed E-state index contributed by atoms with van der Waals surface area (Å²) in [6.07, 6.45) is 2.29. The van der Waals surface area contributed by atoms with Crippen LogP contribution in [0.1, 0.15) is 23.5 Å². The van der Waals surface area contributed by atoms with Crippen molar-refractivity contribution in [1.29, 1.82) is 0 Å². The Labute approximate surface area is 146 Å². The molecule has 1 fully saturated rings. The molecule has 120 valence electrons. The van der Waals surface area contributed by atoms with E-state index in [0.717, 1.165) is 17.9 Å². The average molecular weight is 345 g/mol. The Hall–Kier alpha value is -1.26. The van der Waals surface area contributed by atoms with Crippen molar-refractivity contribution < 1.29 is 9.47 Å². The van der Waals surface area contributed by atoms with Crippen molar-refractivity contribution in [2.24, 2.45) is 0 Å². The molecule has 4 rings (SSSR count). The second-order valence-corrected chi connectivity index (χ2v) is 8.76. The van der Waals surface area contributed by atoms with Gasteiger partial charge in [-0.05, 0) is 53.7 Å². The molecule has 2 aromatic rings. The lowest BCUT2D eigenvalue weighted by molar-refractivity contribution is 0.198. The summed E-state index contributed by atoms with van der Waals surface area (Å²) in [6, 6.07) is 17.0. The van der Waals surface area contributed by atoms with Crippen LogP contribution < -0.4 is 9.47 Å². The predicted octanol–water partition coefficient (Wildman–Crippen LogP) is 4.94. The number of fused-ring (bicyclic) bond motifs is 1. The quantitative estimate of drug-likeness (QED) is 0.768. The van der Waals surface area contributed by atoms with E-state index in [2.05, 4.69) is 48.5 Å². The Bertz CT molecular complexity index is 678. The van der Waals surface area contributed by atoms with Crippen molar-refractivity contribution in [1.82, 2.24) is 0 Å². The molecule has 4 heteroatoms. The van der Waals surface area contributed by atoms with Crippen LogP contribution in [0.25, 0.3) is 0 Å². The van der Waals surface area contributed by atoms with Crippen LogP contribution in [0.5, 0.6) is 11.5 Å². The minimum atomic E-state index is -0.193. The molecule has 2 aromatic carbocycles. The molecular weight excluding hydrogens is 324 g/mol. The highest BCUT2D eigenvalue weighted by molar-refractivity contribution is 8.18. The van der Waals surface area contributed by atoms with Gasteiger partial charge in [-0.1, -0.05) is 30.3 Å². The van der Waals surface area contributed by atoms with E-state index in [1.807, 2.05) is 23.5 Å². The molecule has 0 aliphatic carbocycles. The molecule has 1 atom stereocenters. The molecule has 2 aliphatic rings. The molecule has 0 bridgehead atoms. The monoisotopic (exact) mass is 344 g/mol. The van der Waals surface area contributed by atoms with Crippen molar-refractivity contribution >= 4 is 23.5 Å². The molecule has 0 saturated carbocycles. The SMILES string of the molecule is COc1ccc([C@@H]2Cc3ccccc3OC23SCCCS3)cc1. The normalized spacial score (nSPS) is 22.2. The summed E-state index contributed by atoms with van der Waals surface area (Å²) in [5.41, 5.74) is 2.65. The number of ether oxygens (including phenoxy) is 2. The van der Waals surface area contributed by atoms with Gasteiger partial charge in [-0.25, -0.2) is 0 Å². The van der Waals surface area contributed by atoms with Crippen molar-refractivity contribution in [3.63, 3.8) is 0 Å². The maximum absolute atomic E-state index is 6.58. The Balaban J connectivity index is 1.74. The summed E-state index contributed by atoms with van der Waals surface area (Å²) < 4.78 is 11.7. The Morgan fingerprint density at radius 3 is 2.52 bits per heavy atom. The first kappa shape index (κ1) is 15.3. The molecule has 0 aromatic heterocycles. The summed E-state index contributed by atoms with van der Waals surface area (Å²) in [4.78, 5) is 0. The first-order chi connectivity index (χ1) is 11.3. The molecule has 23 heavy (non-hydrogen) atoms. The fourth-order valence-corrected chi connectivity index (χ4v) is 6.59. The first-order valence-electron chi connectivity index (χ1n) is 7.99. The number of hydrogen-bond donors (Lipinski definition) is 0. The number of hydrogen-bond acceptors (Lipinski definition) is 4. The number of para-hydroxylation sites is 1. The van der Waals surface area contributed by atoms with Crippen molar-refractivity contribution in [3.8, 4) is 11.5 Å². The smallest absolute Gasteiger partial charge is 0.208 e. The van der Waals surface area contributed by atoms with Crippen molar-refractivity contribution in [3.05, 3.63) is 59.7 Å². The summed E-state index contributed by atoms with van der Waals surface area (Å²) in [5, 5.41) is 0. The summed E-state index contributed by atoms with van der Waals surface area (Å²) in [7, 11) is 1.71. The highest BCUT2D eigenvalue weighted by atomic mass is 32.2. The lowest BCUT2D eigenvalue weighted by Gasteiger charge is -2.45. The van der Waals surface area contributed by atoms with Crippen LogP contribution in [0.2, 0.25) is 0 Å². The topological polar surface area (TPSA) is 18.5 Å². The number of methoxy groups -OCH3 is 1. The lowest BCUT2D eigenvalue weighted by Crippen LogP contribution is -2.42. The van der Waals surface area contributed by atoms with E-state index in [4.69, 9.17) is 9.47 Å². The van der Waals surface area contributed by atoms with Crippen LogP contribution in [0, 0.1) is 0 Å². The van der Waals surface area contributed by atoms with E-state index in [0.29, 0.717) is 5.92 Å². The third kappa shape index (κ3) is 2.83. The Kier molecular flexibility index (Phi) is 4.20. The van der Waals surface area contributed by atoms with Gasteiger partial charge in [0.05, 0.1) is 7.11 Å². The third-order valence-corrected chi connectivity index (χ3v) is 7.72. The Morgan fingerprint density at radius 1 is 1.04 bits per heavy atom. The highest BCUT2D eigenvalue weighted by Gasteiger charge is 2.47. The molecule has 0 amide bonds. The van der Waals surface area contributed by atoms with E-state index in [-0.39, 0.29) is 4.27 Å². The van der Waals surface area contributed by atoms with E-state index >= 15 is 0 Å². The maximum atomic E-state index is 6.58. The first-order valence-corrected chi connectivity index (χ1v) is 9.97. The fourth-order valence-electron chi connectivity index (χ4n) is 3.29. The fraction of sp³-hybridized carbons (Fsp3) is 0.368. The standard InChI is InChI=1S/C19H20O2S2/c1-20-16-9-7-14(8-10-16)17-13-15-5-2-3-6-18(15)21-19(17)22-11-4-12-23-19/h2-3,5-10,17H,4,11-13H2,1H3/t17-/m0/s1. The third-order valence-electron chi connectivity index (χ3n) is 4.49. The second kappa shape index (κ2) is 6.33. The van der Waals surface area contributed by atoms with Gasteiger partial charge in [0.1, 0.15) is 11.5 Å². The van der Waals surface area contributed by atoms with E-state index in [9.17, 15) is 0 Å². The van der Waals surface area contributed by atoms with Gasteiger partial charge in [-0.2, -0.15) is 0 Å². The van der Waals surface area contributed by atoms with Gasteiger partial charge in [0.25, 0.3) is 0 Å². The van der Waals surface area contributed by atoms with Crippen LogP contribution in [0.15, 0.2) is 48.5 Å². The van der Waals surface area contributed by atoms with E-state index in [1.54, 1.807) is 7.11 Å². The lowest BCUT2D eigenvalue weighted by atomic mass is 9.89. The van der Waals surface area contributed by atoms with Gasteiger partial charge in [0.15, 0.2) is 0 Å². The maximum Gasteiger partial charge on any atom is 0.208 e. The number of rotatable bonds is 2. The summed E-state index contributed by atoms with van der Waals surface area (Å²) >= 11 is 3.94. The van der Waals surface area contributed by atoms with Crippen molar-refractivity contribution in [2.45, 2.75) is 23.0 Å². The minimum Gasteiger partial charge on any atom is -0.497 e. The molecule has 1 saturated heterocycles. The second-order valence-electron chi connectivity index (χ2n) is 5.89.